The van der Waals surface area contributed by atoms with E-state index in [0.29, 0.717) is 6.10 Å². The summed E-state index contributed by atoms with van der Waals surface area (Å²) in [6, 6.07) is 6.46. The van der Waals surface area contributed by atoms with Gasteiger partial charge in [-0.2, -0.15) is 0 Å². The summed E-state index contributed by atoms with van der Waals surface area (Å²) in [5.74, 6) is 1.05. The Hall–Kier alpha value is -1.06. The largest absolute Gasteiger partial charge is 0.493 e. The molecule has 0 radical (unpaired) electrons. The number of benzene rings is 1. The zero-order chi connectivity index (χ0) is 11.7. The highest BCUT2D eigenvalue weighted by Gasteiger charge is 2.23. The van der Waals surface area contributed by atoms with Crippen molar-refractivity contribution in [2.24, 2.45) is 0 Å². The highest BCUT2D eigenvalue weighted by Crippen LogP contribution is 2.30. The highest BCUT2D eigenvalue weighted by atomic mass is 16.5. The van der Waals surface area contributed by atoms with Crippen molar-refractivity contribution in [3.8, 4) is 5.75 Å². The fraction of sp³-hybridized carbons (Fsp3) is 0.571. The van der Waals surface area contributed by atoms with Crippen LogP contribution in [0.25, 0.3) is 0 Å². The molecule has 2 heterocycles. The molecule has 0 spiro atoms. The van der Waals surface area contributed by atoms with Crippen molar-refractivity contribution < 1.29 is 9.47 Å². The van der Waals surface area contributed by atoms with Crippen LogP contribution in [0.2, 0.25) is 0 Å². The first-order valence-electron chi connectivity index (χ1n) is 6.48. The molecule has 1 aromatic rings. The van der Waals surface area contributed by atoms with Gasteiger partial charge in [-0.25, -0.2) is 0 Å². The maximum absolute atomic E-state index is 6.08. The molecule has 92 valence electrons. The topological polar surface area (TPSA) is 30.5 Å². The lowest BCUT2D eigenvalue weighted by Gasteiger charge is -2.30. The smallest absolute Gasteiger partial charge is 0.122 e. The van der Waals surface area contributed by atoms with Gasteiger partial charge < -0.3 is 14.8 Å². The average Bonchev–Trinajstić information content (AvgIpc) is 2.86. The number of rotatable bonds is 2. The molecule has 3 rings (SSSR count). The Morgan fingerprint density at radius 3 is 3.18 bits per heavy atom. The molecule has 2 atom stereocenters. The Morgan fingerprint density at radius 2 is 2.29 bits per heavy atom. The molecule has 2 aliphatic rings. The number of hydrogen-bond acceptors (Lipinski definition) is 3. The zero-order valence-electron chi connectivity index (χ0n) is 10.2. The monoisotopic (exact) mass is 233 g/mol. The van der Waals surface area contributed by atoms with Crippen molar-refractivity contribution >= 4 is 0 Å². The van der Waals surface area contributed by atoms with Crippen molar-refractivity contribution in [2.75, 3.05) is 19.7 Å². The molecule has 0 aromatic heterocycles. The van der Waals surface area contributed by atoms with E-state index in [4.69, 9.17) is 9.47 Å². The quantitative estimate of drug-likeness (QED) is 0.848. The van der Waals surface area contributed by atoms with Crippen molar-refractivity contribution in [3.05, 3.63) is 29.3 Å². The van der Waals surface area contributed by atoms with Crippen LogP contribution in [0.1, 0.15) is 30.6 Å². The van der Waals surface area contributed by atoms with Gasteiger partial charge in [0.2, 0.25) is 0 Å². The summed E-state index contributed by atoms with van der Waals surface area (Å²) in [6.07, 6.45) is 2.63. The standard InChI is InChI=1S/C14H19NO2/c1-2-12-8-15-9-14(17-12)10-3-4-13-11(7-10)5-6-16-13/h3-4,7,12,14-15H,2,5-6,8-9H2,1H3. The second kappa shape index (κ2) is 4.67. The minimum Gasteiger partial charge on any atom is -0.493 e. The molecular formula is C14H19NO2. The maximum Gasteiger partial charge on any atom is 0.122 e. The fourth-order valence-corrected chi connectivity index (χ4v) is 2.55. The van der Waals surface area contributed by atoms with E-state index in [1.807, 2.05) is 0 Å². The third-order valence-electron chi connectivity index (χ3n) is 3.60. The lowest BCUT2D eigenvalue weighted by molar-refractivity contribution is -0.0400. The van der Waals surface area contributed by atoms with Crippen LogP contribution in [0.3, 0.4) is 0 Å². The Labute approximate surface area is 102 Å². The first kappa shape index (κ1) is 11.1. The minimum absolute atomic E-state index is 0.194. The van der Waals surface area contributed by atoms with Crippen LogP contribution < -0.4 is 10.1 Å². The van der Waals surface area contributed by atoms with Crippen molar-refractivity contribution in [3.63, 3.8) is 0 Å². The SMILES string of the molecule is CCC1CNCC(c2ccc3c(c2)CCO3)O1. The molecule has 3 heteroatoms. The molecule has 0 aliphatic carbocycles. The van der Waals surface area contributed by atoms with Gasteiger partial charge in [0.05, 0.1) is 18.8 Å². The minimum atomic E-state index is 0.194. The second-order valence-corrected chi connectivity index (χ2v) is 4.78. The van der Waals surface area contributed by atoms with Gasteiger partial charge in [0, 0.05) is 19.5 Å². The normalized spacial score (nSPS) is 27.6. The van der Waals surface area contributed by atoms with E-state index < -0.39 is 0 Å². The van der Waals surface area contributed by atoms with Crippen molar-refractivity contribution in [2.45, 2.75) is 32.0 Å². The van der Waals surface area contributed by atoms with Crippen LogP contribution in [0.5, 0.6) is 5.75 Å². The van der Waals surface area contributed by atoms with Gasteiger partial charge in [0.1, 0.15) is 5.75 Å². The summed E-state index contributed by atoms with van der Waals surface area (Å²) < 4.78 is 11.6. The van der Waals surface area contributed by atoms with Gasteiger partial charge in [0.25, 0.3) is 0 Å². The van der Waals surface area contributed by atoms with E-state index in [9.17, 15) is 0 Å². The van der Waals surface area contributed by atoms with Gasteiger partial charge in [0.15, 0.2) is 0 Å². The highest BCUT2D eigenvalue weighted by molar-refractivity contribution is 5.40. The summed E-state index contributed by atoms with van der Waals surface area (Å²) in [5, 5.41) is 3.45. The Bertz CT molecular complexity index is 405. The molecule has 1 fully saturated rings. The molecule has 1 aromatic carbocycles. The Balaban J connectivity index is 1.79. The van der Waals surface area contributed by atoms with Gasteiger partial charge in [-0.1, -0.05) is 13.0 Å². The number of morpholine rings is 1. The van der Waals surface area contributed by atoms with Gasteiger partial charge in [-0.05, 0) is 29.7 Å². The van der Waals surface area contributed by atoms with Crippen LogP contribution in [-0.4, -0.2) is 25.8 Å². The fourth-order valence-electron chi connectivity index (χ4n) is 2.55. The van der Waals surface area contributed by atoms with Crippen LogP contribution in [0, 0.1) is 0 Å². The predicted octanol–water partition coefficient (Wildman–Crippen LogP) is 2.06. The average molecular weight is 233 g/mol. The molecular weight excluding hydrogens is 214 g/mol. The summed E-state index contributed by atoms with van der Waals surface area (Å²) in [5.41, 5.74) is 2.60. The van der Waals surface area contributed by atoms with Crippen LogP contribution in [0.4, 0.5) is 0 Å². The third kappa shape index (κ3) is 2.17. The number of ether oxygens (including phenoxy) is 2. The van der Waals surface area contributed by atoms with E-state index in [1.54, 1.807) is 0 Å². The first-order valence-corrected chi connectivity index (χ1v) is 6.48. The Morgan fingerprint density at radius 1 is 1.35 bits per heavy atom. The number of nitrogens with one attached hydrogen (secondary N) is 1. The maximum atomic E-state index is 6.08. The molecule has 1 N–H and O–H groups in total. The molecule has 0 bridgehead atoms. The van der Waals surface area contributed by atoms with Crippen LogP contribution >= 0.6 is 0 Å². The zero-order valence-corrected chi connectivity index (χ0v) is 10.2. The van der Waals surface area contributed by atoms with Crippen molar-refractivity contribution in [1.82, 2.24) is 5.32 Å². The van der Waals surface area contributed by atoms with E-state index in [2.05, 4.69) is 30.4 Å². The molecule has 0 saturated carbocycles. The third-order valence-corrected chi connectivity index (χ3v) is 3.60. The molecule has 2 unspecified atom stereocenters. The first-order chi connectivity index (χ1) is 8.36. The number of fused-ring (bicyclic) bond motifs is 1. The Kier molecular flexibility index (Phi) is 3.04. The molecule has 2 aliphatic heterocycles. The molecule has 17 heavy (non-hydrogen) atoms. The second-order valence-electron chi connectivity index (χ2n) is 4.78. The molecule has 0 amide bonds. The predicted molar refractivity (Wildman–Crippen MR) is 66.4 cm³/mol. The number of hydrogen-bond donors (Lipinski definition) is 1. The van der Waals surface area contributed by atoms with Gasteiger partial charge >= 0.3 is 0 Å². The van der Waals surface area contributed by atoms with Crippen molar-refractivity contribution in [1.29, 1.82) is 0 Å². The molecule has 1 saturated heterocycles. The lowest BCUT2D eigenvalue weighted by atomic mass is 10.0. The van der Waals surface area contributed by atoms with E-state index in [-0.39, 0.29) is 6.10 Å². The van der Waals surface area contributed by atoms with E-state index in [1.165, 1.54) is 11.1 Å². The summed E-state index contributed by atoms with van der Waals surface area (Å²) in [7, 11) is 0. The summed E-state index contributed by atoms with van der Waals surface area (Å²) >= 11 is 0. The molecule has 3 nitrogen and oxygen atoms in total. The summed E-state index contributed by atoms with van der Waals surface area (Å²) in [6.45, 7) is 4.88. The van der Waals surface area contributed by atoms with Gasteiger partial charge in [-0.3, -0.25) is 0 Å². The van der Waals surface area contributed by atoms with E-state index in [0.717, 1.165) is 38.3 Å². The van der Waals surface area contributed by atoms with E-state index >= 15 is 0 Å². The van der Waals surface area contributed by atoms with Crippen LogP contribution in [-0.2, 0) is 11.2 Å². The van der Waals surface area contributed by atoms with Gasteiger partial charge in [-0.15, -0.1) is 0 Å². The van der Waals surface area contributed by atoms with Crippen LogP contribution in [0.15, 0.2) is 18.2 Å². The summed E-state index contributed by atoms with van der Waals surface area (Å²) in [4.78, 5) is 0. The lowest BCUT2D eigenvalue weighted by Crippen LogP contribution is -2.40.